The first-order chi connectivity index (χ1) is 11.3. The van der Waals surface area contributed by atoms with Crippen LogP contribution in [0.2, 0.25) is 0 Å². The van der Waals surface area contributed by atoms with Gasteiger partial charge in [0.2, 0.25) is 0 Å². The Morgan fingerprint density at radius 3 is 2.04 bits per heavy atom. The number of carbonyl (C=O) groups is 3. The SMILES string of the molecule is CC(=O)C(C(C)=O)C1=C([N+](=O)[O-])C(=O)c2cccc3cccc1c23. The summed E-state index contributed by atoms with van der Waals surface area (Å²) in [5.41, 5.74) is -0.194. The lowest BCUT2D eigenvalue weighted by molar-refractivity contribution is -0.416. The zero-order valence-electron chi connectivity index (χ0n) is 13.0. The van der Waals surface area contributed by atoms with Crippen molar-refractivity contribution in [3.63, 3.8) is 0 Å². The Morgan fingerprint density at radius 1 is 1.00 bits per heavy atom. The van der Waals surface area contributed by atoms with E-state index in [-0.39, 0.29) is 11.1 Å². The molecule has 0 bridgehead atoms. The Hall–Kier alpha value is -3.15. The van der Waals surface area contributed by atoms with Gasteiger partial charge in [-0.3, -0.25) is 24.5 Å². The molecule has 0 aromatic heterocycles. The molecule has 0 radical (unpaired) electrons. The van der Waals surface area contributed by atoms with E-state index in [0.29, 0.717) is 10.9 Å². The van der Waals surface area contributed by atoms with Crippen molar-refractivity contribution in [3.05, 3.63) is 63.3 Å². The Balaban J connectivity index is 2.50. The Kier molecular flexibility index (Phi) is 3.60. The summed E-state index contributed by atoms with van der Waals surface area (Å²) in [6.45, 7) is 2.39. The van der Waals surface area contributed by atoms with Gasteiger partial charge in [-0.15, -0.1) is 0 Å². The van der Waals surface area contributed by atoms with E-state index in [2.05, 4.69) is 0 Å². The van der Waals surface area contributed by atoms with Crippen molar-refractivity contribution < 1.29 is 19.3 Å². The second-order valence-electron chi connectivity index (χ2n) is 5.71. The molecule has 0 saturated heterocycles. The Morgan fingerprint density at radius 2 is 1.54 bits per heavy atom. The summed E-state index contributed by atoms with van der Waals surface area (Å²) in [6.07, 6.45) is 0. The van der Waals surface area contributed by atoms with E-state index in [9.17, 15) is 24.5 Å². The van der Waals surface area contributed by atoms with Gasteiger partial charge in [0, 0.05) is 10.9 Å². The van der Waals surface area contributed by atoms with Crippen molar-refractivity contribution >= 4 is 33.7 Å². The summed E-state index contributed by atoms with van der Waals surface area (Å²) in [6, 6.07) is 10.0. The van der Waals surface area contributed by atoms with Crippen LogP contribution in [0.1, 0.15) is 29.8 Å². The number of benzene rings is 2. The minimum Gasteiger partial charge on any atom is -0.299 e. The summed E-state index contributed by atoms with van der Waals surface area (Å²) >= 11 is 0. The van der Waals surface area contributed by atoms with Crippen LogP contribution in [0, 0.1) is 16.0 Å². The Bertz CT molecular complexity index is 951. The minimum absolute atomic E-state index is 0.102. The molecule has 1 aliphatic rings. The molecule has 0 spiro atoms. The fraction of sp³-hybridized carbons (Fsp3) is 0.167. The number of nitro groups is 1. The van der Waals surface area contributed by atoms with E-state index in [1.165, 1.54) is 19.9 Å². The first-order valence-electron chi connectivity index (χ1n) is 7.31. The smallest absolute Gasteiger partial charge is 0.299 e. The Labute approximate surface area is 136 Å². The summed E-state index contributed by atoms with van der Waals surface area (Å²) in [5.74, 6) is -3.15. The minimum atomic E-state index is -1.33. The van der Waals surface area contributed by atoms with Crippen LogP contribution in [0.5, 0.6) is 0 Å². The lowest BCUT2D eigenvalue weighted by Crippen LogP contribution is -2.28. The lowest BCUT2D eigenvalue weighted by Gasteiger charge is -2.22. The van der Waals surface area contributed by atoms with Crippen molar-refractivity contribution in [1.82, 2.24) is 0 Å². The van der Waals surface area contributed by atoms with Gasteiger partial charge in [-0.1, -0.05) is 36.4 Å². The normalized spacial score (nSPS) is 13.5. The number of allylic oxidation sites excluding steroid dienone is 2. The zero-order valence-corrected chi connectivity index (χ0v) is 13.0. The van der Waals surface area contributed by atoms with Crippen molar-refractivity contribution in [2.75, 3.05) is 0 Å². The number of hydrogen-bond acceptors (Lipinski definition) is 5. The molecule has 0 unspecified atom stereocenters. The maximum Gasteiger partial charge on any atom is 0.321 e. The van der Waals surface area contributed by atoms with Crippen molar-refractivity contribution in [3.8, 4) is 0 Å². The summed E-state index contributed by atoms with van der Waals surface area (Å²) in [7, 11) is 0. The highest BCUT2D eigenvalue weighted by Gasteiger charge is 2.41. The molecule has 3 rings (SSSR count). The molecule has 0 amide bonds. The molecule has 6 nitrogen and oxygen atoms in total. The van der Waals surface area contributed by atoms with Crippen LogP contribution >= 0.6 is 0 Å². The standard InChI is InChI=1S/C18H13NO5/c1-9(20)14(10(2)21)16-12-7-3-5-11-6-4-8-13(15(11)12)18(22)17(16)19(23)24/h3-8,14H,1-2H3. The number of carbonyl (C=O) groups excluding carboxylic acids is 3. The van der Waals surface area contributed by atoms with Gasteiger partial charge in [0.05, 0.1) is 10.5 Å². The molecule has 120 valence electrons. The van der Waals surface area contributed by atoms with E-state index >= 15 is 0 Å². The predicted octanol–water partition coefficient (Wildman–Crippen LogP) is 2.82. The van der Waals surface area contributed by atoms with Crippen LogP contribution in [0.4, 0.5) is 0 Å². The highest BCUT2D eigenvalue weighted by molar-refractivity contribution is 6.27. The van der Waals surface area contributed by atoms with Gasteiger partial charge in [-0.25, -0.2) is 0 Å². The summed E-state index contributed by atoms with van der Waals surface area (Å²) in [5, 5.41) is 12.8. The molecule has 1 aliphatic carbocycles. The van der Waals surface area contributed by atoms with Gasteiger partial charge >= 0.3 is 5.70 Å². The first kappa shape index (κ1) is 15.7. The van der Waals surface area contributed by atoms with Crippen LogP contribution in [-0.2, 0) is 9.59 Å². The number of rotatable bonds is 4. The van der Waals surface area contributed by atoms with E-state index in [0.717, 1.165) is 5.39 Å². The fourth-order valence-electron chi connectivity index (χ4n) is 3.30. The van der Waals surface area contributed by atoms with Crippen LogP contribution in [-0.4, -0.2) is 22.3 Å². The maximum atomic E-state index is 12.7. The third-order valence-corrected chi connectivity index (χ3v) is 4.19. The molecule has 2 aromatic carbocycles. The predicted molar refractivity (Wildman–Crippen MR) is 87.0 cm³/mol. The third-order valence-electron chi connectivity index (χ3n) is 4.19. The number of hydrogen-bond donors (Lipinski definition) is 0. The van der Waals surface area contributed by atoms with Gasteiger partial charge in [0.1, 0.15) is 17.5 Å². The first-order valence-corrected chi connectivity index (χ1v) is 7.31. The molecule has 6 heteroatoms. The quantitative estimate of drug-likeness (QED) is 0.490. The van der Waals surface area contributed by atoms with Crippen molar-refractivity contribution in [2.24, 2.45) is 5.92 Å². The molecule has 0 atom stereocenters. The number of Topliss-reactive ketones (excluding diaryl/α,β-unsaturated/α-hetero) is 3. The monoisotopic (exact) mass is 323 g/mol. The van der Waals surface area contributed by atoms with Crippen LogP contribution in [0.15, 0.2) is 42.1 Å². The molecule has 24 heavy (non-hydrogen) atoms. The third kappa shape index (κ3) is 2.15. The van der Waals surface area contributed by atoms with Crippen LogP contribution in [0.3, 0.4) is 0 Å². The van der Waals surface area contributed by atoms with Gasteiger partial charge < -0.3 is 0 Å². The highest BCUT2D eigenvalue weighted by atomic mass is 16.6. The summed E-state index contributed by atoms with van der Waals surface area (Å²) in [4.78, 5) is 47.4. The summed E-state index contributed by atoms with van der Waals surface area (Å²) < 4.78 is 0. The van der Waals surface area contributed by atoms with Gasteiger partial charge in [0.15, 0.2) is 0 Å². The molecule has 0 saturated carbocycles. The fourth-order valence-corrected chi connectivity index (χ4v) is 3.30. The second kappa shape index (κ2) is 5.49. The van der Waals surface area contributed by atoms with Crippen molar-refractivity contribution in [2.45, 2.75) is 13.8 Å². The topological polar surface area (TPSA) is 94.3 Å². The molecular formula is C18H13NO5. The molecule has 0 aliphatic heterocycles. The van der Waals surface area contributed by atoms with Gasteiger partial charge in [-0.05, 0) is 24.8 Å². The average molecular weight is 323 g/mol. The van der Waals surface area contributed by atoms with Gasteiger partial charge in [0.25, 0.3) is 5.78 Å². The molecule has 0 N–H and O–H groups in total. The van der Waals surface area contributed by atoms with Crippen LogP contribution in [0.25, 0.3) is 16.3 Å². The largest absolute Gasteiger partial charge is 0.321 e. The lowest BCUT2D eigenvalue weighted by atomic mass is 9.77. The molecule has 0 heterocycles. The van der Waals surface area contributed by atoms with E-state index in [1.54, 1.807) is 30.3 Å². The van der Waals surface area contributed by atoms with E-state index < -0.39 is 33.9 Å². The number of ketones is 3. The van der Waals surface area contributed by atoms with E-state index in [4.69, 9.17) is 0 Å². The van der Waals surface area contributed by atoms with Crippen LogP contribution < -0.4 is 0 Å². The highest BCUT2D eigenvalue weighted by Crippen LogP contribution is 2.40. The zero-order chi connectivity index (χ0) is 17.6. The van der Waals surface area contributed by atoms with E-state index in [1.807, 2.05) is 0 Å². The molecular weight excluding hydrogens is 310 g/mol. The molecule has 2 aromatic rings. The molecule has 0 fully saturated rings. The average Bonchev–Trinajstić information content (AvgIpc) is 2.51. The number of nitrogens with zero attached hydrogens (tertiary/aromatic N) is 1. The van der Waals surface area contributed by atoms with Crippen molar-refractivity contribution in [1.29, 1.82) is 0 Å². The van der Waals surface area contributed by atoms with Gasteiger partial charge in [-0.2, -0.15) is 0 Å². The second-order valence-corrected chi connectivity index (χ2v) is 5.71. The maximum absolute atomic E-state index is 12.7.